The molecule has 5 nitrogen and oxygen atoms in total. The van der Waals surface area contributed by atoms with Crippen LogP contribution in [0.3, 0.4) is 0 Å². The average molecular weight is 361 g/mol. The number of hydrogen-bond acceptors (Lipinski definition) is 3. The van der Waals surface area contributed by atoms with Gasteiger partial charge in [-0.15, -0.1) is 0 Å². The summed E-state index contributed by atoms with van der Waals surface area (Å²) in [5.74, 6) is 0.279. The molecule has 0 bridgehead atoms. The molecule has 0 saturated heterocycles. The van der Waals surface area contributed by atoms with Crippen LogP contribution in [-0.2, 0) is 9.59 Å². The van der Waals surface area contributed by atoms with Gasteiger partial charge >= 0.3 is 0 Å². The predicted octanol–water partition coefficient (Wildman–Crippen LogP) is 3.20. The summed E-state index contributed by atoms with van der Waals surface area (Å²) in [6, 6.07) is 14.6. The summed E-state index contributed by atoms with van der Waals surface area (Å²) in [6.07, 6.45) is 0. The van der Waals surface area contributed by atoms with E-state index in [-0.39, 0.29) is 18.4 Å². The van der Waals surface area contributed by atoms with Crippen molar-refractivity contribution < 1.29 is 14.3 Å². The molecule has 1 N–H and O–H groups in total. The standard InChI is InChI=1S/C19H21ClN2O3/c1-14-8-9-16(12-18(14)20)22(15(2)23)11-10-21-19(24)13-25-17-6-4-3-5-7-17/h3-9,12H,10-11,13H2,1-2H3,(H,21,24). The van der Waals surface area contributed by atoms with E-state index in [0.717, 1.165) is 5.56 Å². The van der Waals surface area contributed by atoms with Crippen molar-refractivity contribution in [3.63, 3.8) is 0 Å². The van der Waals surface area contributed by atoms with Gasteiger partial charge in [0.15, 0.2) is 6.61 Å². The minimum Gasteiger partial charge on any atom is -0.484 e. The lowest BCUT2D eigenvalue weighted by Gasteiger charge is -2.22. The van der Waals surface area contributed by atoms with Gasteiger partial charge in [-0.3, -0.25) is 9.59 Å². The van der Waals surface area contributed by atoms with Crippen molar-refractivity contribution in [3.05, 3.63) is 59.1 Å². The number of benzene rings is 2. The van der Waals surface area contributed by atoms with E-state index in [2.05, 4.69) is 5.32 Å². The maximum atomic E-state index is 11.9. The second-order valence-electron chi connectivity index (χ2n) is 5.56. The quantitative estimate of drug-likeness (QED) is 0.824. The normalized spacial score (nSPS) is 10.2. The highest BCUT2D eigenvalue weighted by Gasteiger charge is 2.13. The van der Waals surface area contributed by atoms with Gasteiger partial charge in [-0.1, -0.05) is 35.9 Å². The molecular weight excluding hydrogens is 340 g/mol. The molecule has 0 aliphatic carbocycles. The second-order valence-corrected chi connectivity index (χ2v) is 5.96. The summed E-state index contributed by atoms with van der Waals surface area (Å²) < 4.78 is 5.38. The van der Waals surface area contributed by atoms with E-state index < -0.39 is 0 Å². The van der Waals surface area contributed by atoms with Crippen LogP contribution in [0.1, 0.15) is 12.5 Å². The molecule has 2 rings (SSSR count). The zero-order chi connectivity index (χ0) is 18.2. The highest BCUT2D eigenvalue weighted by molar-refractivity contribution is 6.31. The van der Waals surface area contributed by atoms with Gasteiger partial charge in [0.25, 0.3) is 5.91 Å². The van der Waals surface area contributed by atoms with Gasteiger partial charge in [-0.05, 0) is 36.8 Å². The summed E-state index contributed by atoms with van der Waals surface area (Å²) >= 11 is 6.12. The third-order valence-corrected chi connectivity index (χ3v) is 4.03. The van der Waals surface area contributed by atoms with Crippen molar-refractivity contribution in [1.82, 2.24) is 5.32 Å². The number of halogens is 1. The molecule has 0 saturated carbocycles. The van der Waals surface area contributed by atoms with E-state index in [1.165, 1.54) is 6.92 Å². The van der Waals surface area contributed by atoms with E-state index in [1.54, 1.807) is 23.1 Å². The Bertz CT molecular complexity index is 735. The third-order valence-electron chi connectivity index (χ3n) is 3.62. The number of aryl methyl sites for hydroxylation is 1. The van der Waals surface area contributed by atoms with Gasteiger partial charge in [0.05, 0.1) is 0 Å². The van der Waals surface area contributed by atoms with E-state index >= 15 is 0 Å². The second kappa shape index (κ2) is 9.08. The fourth-order valence-corrected chi connectivity index (χ4v) is 2.42. The fraction of sp³-hybridized carbons (Fsp3) is 0.263. The largest absolute Gasteiger partial charge is 0.484 e. The van der Waals surface area contributed by atoms with E-state index in [9.17, 15) is 9.59 Å². The monoisotopic (exact) mass is 360 g/mol. The van der Waals surface area contributed by atoms with Crippen molar-refractivity contribution in [2.24, 2.45) is 0 Å². The molecule has 0 fully saturated rings. The molecule has 25 heavy (non-hydrogen) atoms. The number of hydrogen-bond donors (Lipinski definition) is 1. The summed E-state index contributed by atoms with van der Waals surface area (Å²) in [7, 11) is 0. The molecule has 132 valence electrons. The number of carbonyl (C=O) groups excluding carboxylic acids is 2. The molecular formula is C19H21ClN2O3. The number of amides is 2. The molecule has 6 heteroatoms. The molecule has 0 unspecified atom stereocenters. The summed E-state index contributed by atoms with van der Waals surface area (Å²) in [6.45, 7) is 3.99. The van der Waals surface area contributed by atoms with Crippen molar-refractivity contribution in [1.29, 1.82) is 0 Å². The number of carbonyl (C=O) groups is 2. The molecule has 0 spiro atoms. The van der Waals surface area contributed by atoms with Crippen LogP contribution in [0.2, 0.25) is 5.02 Å². The summed E-state index contributed by atoms with van der Waals surface area (Å²) in [5.41, 5.74) is 1.65. The topological polar surface area (TPSA) is 58.6 Å². The molecule has 2 amide bonds. The van der Waals surface area contributed by atoms with Gasteiger partial charge < -0.3 is 15.0 Å². The SMILES string of the molecule is CC(=O)N(CCNC(=O)COc1ccccc1)c1ccc(C)c(Cl)c1. The lowest BCUT2D eigenvalue weighted by atomic mass is 10.2. The minimum absolute atomic E-state index is 0.0690. The maximum Gasteiger partial charge on any atom is 0.258 e. The van der Waals surface area contributed by atoms with Crippen LogP contribution >= 0.6 is 11.6 Å². The van der Waals surface area contributed by atoms with E-state index in [4.69, 9.17) is 16.3 Å². The average Bonchev–Trinajstić information content (AvgIpc) is 2.60. The van der Waals surface area contributed by atoms with Crippen molar-refractivity contribution >= 4 is 29.1 Å². The number of ether oxygens (including phenoxy) is 1. The Kier molecular flexibility index (Phi) is 6.83. The van der Waals surface area contributed by atoms with E-state index in [1.807, 2.05) is 37.3 Å². The Hall–Kier alpha value is -2.53. The Morgan fingerprint density at radius 1 is 1.16 bits per heavy atom. The first-order valence-electron chi connectivity index (χ1n) is 7.96. The van der Waals surface area contributed by atoms with Crippen molar-refractivity contribution in [2.45, 2.75) is 13.8 Å². The van der Waals surface area contributed by atoms with Crippen molar-refractivity contribution in [2.75, 3.05) is 24.6 Å². The number of anilines is 1. The lowest BCUT2D eigenvalue weighted by molar-refractivity contribution is -0.123. The molecule has 0 atom stereocenters. The summed E-state index contributed by atoms with van der Waals surface area (Å²) in [5, 5.41) is 3.34. The summed E-state index contributed by atoms with van der Waals surface area (Å²) in [4.78, 5) is 25.3. The van der Waals surface area contributed by atoms with Gasteiger partial charge in [0, 0.05) is 30.7 Å². The number of rotatable bonds is 7. The first kappa shape index (κ1) is 18.8. The van der Waals surface area contributed by atoms with Crippen LogP contribution < -0.4 is 15.0 Å². The van der Waals surface area contributed by atoms with Crippen LogP contribution in [0, 0.1) is 6.92 Å². The Morgan fingerprint density at radius 2 is 1.88 bits per heavy atom. The van der Waals surface area contributed by atoms with Crippen LogP contribution in [0.5, 0.6) is 5.75 Å². The van der Waals surface area contributed by atoms with Gasteiger partial charge in [0.1, 0.15) is 5.75 Å². The molecule has 0 aromatic heterocycles. The zero-order valence-corrected chi connectivity index (χ0v) is 15.0. The van der Waals surface area contributed by atoms with E-state index in [0.29, 0.717) is 29.5 Å². The molecule has 2 aromatic rings. The Labute approximate surface area is 152 Å². The van der Waals surface area contributed by atoms with Gasteiger partial charge in [-0.2, -0.15) is 0 Å². The van der Waals surface area contributed by atoms with Gasteiger partial charge in [-0.25, -0.2) is 0 Å². The molecule has 0 aliphatic rings. The minimum atomic E-state index is -0.241. The molecule has 0 radical (unpaired) electrons. The first-order valence-corrected chi connectivity index (χ1v) is 8.34. The zero-order valence-electron chi connectivity index (χ0n) is 14.3. The number of nitrogens with zero attached hydrogens (tertiary/aromatic N) is 1. The number of para-hydroxylation sites is 1. The van der Waals surface area contributed by atoms with Crippen LogP contribution in [-0.4, -0.2) is 31.5 Å². The first-order chi connectivity index (χ1) is 12.0. The molecule has 2 aromatic carbocycles. The highest BCUT2D eigenvalue weighted by Crippen LogP contribution is 2.23. The maximum absolute atomic E-state index is 11.9. The lowest BCUT2D eigenvalue weighted by Crippen LogP contribution is -2.39. The van der Waals surface area contributed by atoms with Crippen LogP contribution in [0.15, 0.2) is 48.5 Å². The third kappa shape index (κ3) is 5.80. The fourth-order valence-electron chi connectivity index (χ4n) is 2.24. The Balaban J connectivity index is 1.83. The molecule has 0 aliphatic heterocycles. The predicted molar refractivity (Wildman–Crippen MR) is 99.2 cm³/mol. The smallest absolute Gasteiger partial charge is 0.258 e. The van der Waals surface area contributed by atoms with Crippen LogP contribution in [0.25, 0.3) is 0 Å². The van der Waals surface area contributed by atoms with Crippen LogP contribution in [0.4, 0.5) is 5.69 Å². The van der Waals surface area contributed by atoms with Gasteiger partial charge in [0.2, 0.25) is 5.91 Å². The highest BCUT2D eigenvalue weighted by atomic mass is 35.5. The number of nitrogens with one attached hydrogen (secondary N) is 1. The van der Waals surface area contributed by atoms with Crippen molar-refractivity contribution in [3.8, 4) is 5.75 Å². The molecule has 0 heterocycles. The Morgan fingerprint density at radius 3 is 2.52 bits per heavy atom.